The topological polar surface area (TPSA) is 91.0 Å². The molecule has 0 unspecified atom stereocenters. The Morgan fingerprint density at radius 2 is 1.84 bits per heavy atom. The number of alkyl halides is 3. The minimum Gasteiger partial charge on any atom is -0.364 e. The number of hydrogen-bond acceptors (Lipinski definition) is 7. The average molecular weight is 532 g/mol. The fourth-order valence-electron chi connectivity index (χ4n) is 4.57. The molecule has 5 rings (SSSR count). The van der Waals surface area contributed by atoms with E-state index >= 15 is 4.39 Å². The number of fused-ring (bicyclic) bond motifs is 1. The van der Waals surface area contributed by atoms with Crippen LogP contribution in [-0.4, -0.2) is 48.0 Å². The van der Waals surface area contributed by atoms with Gasteiger partial charge in [-0.1, -0.05) is 0 Å². The lowest BCUT2D eigenvalue weighted by atomic mass is 10.0. The van der Waals surface area contributed by atoms with Crippen LogP contribution in [0.4, 0.5) is 23.5 Å². The van der Waals surface area contributed by atoms with Crippen molar-refractivity contribution in [2.45, 2.75) is 38.7 Å². The maximum absolute atomic E-state index is 15.1. The summed E-state index contributed by atoms with van der Waals surface area (Å²) in [5.41, 5.74) is -1.81. The van der Waals surface area contributed by atoms with Crippen LogP contribution >= 0.6 is 0 Å². The Hall–Kier alpha value is -3.87. The molecule has 0 N–H and O–H groups in total. The Balaban J connectivity index is 1.70. The molecular formula is C25H25F4N7O2. The number of aromatic nitrogens is 6. The van der Waals surface area contributed by atoms with E-state index in [2.05, 4.69) is 20.1 Å². The number of aryl methyl sites for hydroxylation is 2. The fourth-order valence-corrected chi connectivity index (χ4v) is 4.57. The van der Waals surface area contributed by atoms with Crippen molar-refractivity contribution in [2.75, 3.05) is 18.0 Å². The first-order valence-electron chi connectivity index (χ1n) is 11.8. The molecule has 1 saturated heterocycles. The molecule has 13 heteroatoms. The van der Waals surface area contributed by atoms with Crippen molar-refractivity contribution >= 4 is 17.0 Å². The molecule has 0 saturated carbocycles. The van der Waals surface area contributed by atoms with Crippen LogP contribution in [0.2, 0.25) is 0 Å². The molecule has 1 aliphatic rings. The van der Waals surface area contributed by atoms with E-state index in [0.717, 1.165) is 17.7 Å². The summed E-state index contributed by atoms with van der Waals surface area (Å²) in [4.78, 5) is 28.5. The third-order valence-corrected chi connectivity index (χ3v) is 6.49. The zero-order valence-electron chi connectivity index (χ0n) is 21.3. The maximum Gasteiger partial charge on any atom is 0.416 e. The smallest absolute Gasteiger partial charge is 0.364 e. The Labute approximate surface area is 214 Å². The van der Waals surface area contributed by atoms with Crippen LogP contribution in [-0.2, 0) is 25.0 Å². The zero-order chi connectivity index (χ0) is 27.6. The second kappa shape index (κ2) is 8.86. The normalized spacial score (nSPS) is 17.8. The Kier molecular flexibility index (Phi) is 6.01. The summed E-state index contributed by atoms with van der Waals surface area (Å²) < 4.78 is 63.9. The van der Waals surface area contributed by atoms with E-state index in [-0.39, 0.29) is 28.2 Å². The maximum atomic E-state index is 15.1. The third-order valence-electron chi connectivity index (χ3n) is 6.49. The van der Waals surface area contributed by atoms with Gasteiger partial charge in [0.25, 0.3) is 5.56 Å². The molecule has 4 heterocycles. The molecule has 1 fully saturated rings. The second-order valence-electron chi connectivity index (χ2n) is 9.98. The van der Waals surface area contributed by atoms with E-state index < -0.39 is 34.8 Å². The van der Waals surface area contributed by atoms with Crippen LogP contribution in [0.15, 0.2) is 35.4 Å². The van der Waals surface area contributed by atoms with Crippen molar-refractivity contribution in [1.82, 2.24) is 29.3 Å². The van der Waals surface area contributed by atoms with Crippen molar-refractivity contribution in [3.05, 3.63) is 63.7 Å². The van der Waals surface area contributed by atoms with E-state index in [4.69, 9.17) is 4.74 Å². The zero-order valence-corrected chi connectivity index (χ0v) is 21.3. The molecule has 0 amide bonds. The van der Waals surface area contributed by atoms with Crippen LogP contribution in [0, 0.1) is 12.7 Å². The van der Waals surface area contributed by atoms with E-state index in [0.29, 0.717) is 25.0 Å². The predicted octanol–water partition coefficient (Wildman–Crippen LogP) is 3.95. The highest BCUT2D eigenvalue weighted by molar-refractivity contribution is 5.89. The van der Waals surface area contributed by atoms with Crippen LogP contribution < -0.4 is 10.5 Å². The minimum absolute atomic E-state index is 0.00402. The summed E-state index contributed by atoms with van der Waals surface area (Å²) in [5.74, 6) is -0.710. The SMILES string of the molecule is Cc1nc2c(-c3ccc(C(F)(F)F)cc3F)nc(N3C[C@@H](c4cnn(C)c4)OC(C)(C)C3)nc2c(=O)n1C. The second-order valence-corrected chi connectivity index (χ2v) is 9.98. The Bertz CT molecular complexity index is 1610. The Morgan fingerprint density at radius 1 is 1.11 bits per heavy atom. The summed E-state index contributed by atoms with van der Waals surface area (Å²) in [5, 5.41) is 4.21. The summed E-state index contributed by atoms with van der Waals surface area (Å²) in [6.07, 6.45) is -1.60. The van der Waals surface area contributed by atoms with Gasteiger partial charge in [0.1, 0.15) is 29.0 Å². The summed E-state index contributed by atoms with van der Waals surface area (Å²) in [6.45, 7) is 6.01. The molecule has 200 valence electrons. The molecule has 0 aliphatic carbocycles. The first kappa shape index (κ1) is 25.8. The van der Waals surface area contributed by atoms with Gasteiger partial charge in [0.15, 0.2) is 5.52 Å². The van der Waals surface area contributed by atoms with Gasteiger partial charge in [0, 0.05) is 38.0 Å². The minimum atomic E-state index is -4.72. The number of hydrogen-bond donors (Lipinski definition) is 0. The summed E-state index contributed by atoms with van der Waals surface area (Å²) >= 11 is 0. The number of halogens is 4. The van der Waals surface area contributed by atoms with Crippen molar-refractivity contribution in [3.8, 4) is 11.3 Å². The van der Waals surface area contributed by atoms with Crippen molar-refractivity contribution in [3.63, 3.8) is 0 Å². The van der Waals surface area contributed by atoms with Gasteiger partial charge < -0.3 is 9.64 Å². The van der Waals surface area contributed by atoms with Crippen LogP contribution in [0.1, 0.15) is 36.9 Å². The number of benzene rings is 1. The van der Waals surface area contributed by atoms with Crippen LogP contribution in [0.5, 0.6) is 0 Å². The summed E-state index contributed by atoms with van der Waals surface area (Å²) in [6, 6.07) is 2.18. The predicted molar refractivity (Wildman–Crippen MR) is 131 cm³/mol. The van der Waals surface area contributed by atoms with E-state index in [1.54, 1.807) is 24.9 Å². The number of nitrogens with zero attached hydrogens (tertiary/aromatic N) is 7. The van der Waals surface area contributed by atoms with Crippen molar-refractivity contribution in [1.29, 1.82) is 0 Å². The van der Waals surface area contributed by atoms with Crippen molar-refractivity contribution in [2.24, 2.45) is 14.1 Å². The largest absolute Gasteiger partial charge is 0.416 e. The van der Waals surface area contributed by atoms with Gasteiger partial charge in [-0.2, -0.15) is 18.3 Å². The highest BCUT2D eigenvalue weighted by atomic mass is 19.4. The lowest BCUT2D eigenvalue weighted by molar-refractivity contribution is -0.137. The van der Waals surface area contributed by atoms with Gasteiger partial charge >= 0.3 is 6.18 Å². The van der Waals surface area contributed by atoms with Crippen LogP contribution in [0.25, 0.3) is 22.3 Å². The average Bonchev–Trinajstić information content (AvgIpc) is 3.27. The highest BCUT2D eigenvalue weighted by Crippen LogP contribution is 2.36. The van der Waals surface area contributed by atoms with E-state index in [1.165, 1.54) is 11.6 Å². The standard InChI is InChI=1S/C25H25F4N7O2/c1-13-31-20-19(16-7-6-15(8-17(16)26)25(27,28)29)32-23(33-21(20)22(37)35(13)5)36-11-18(38-24(2,3)12-36)14-9-30-34(4)10-14/h6-10,18H,11-12H2,1-5H3/t18-/m0/s1. The van der Waals surface area contributed by atoms with Gasteiger partial charge in [-0.25, -0.2) is 19.3 Å². The first-order valence-corrected chi connectivity index (χ1v) is 11.8. The van der Waals surface area contributed by atoms with Gasteiger partial charge in [0.2, 0.25) is 5.95 Å². The molecular weight excluding hydrogens is 506 g/mol. The quantitative estimate of drug-likeness (QED) is 0.370. The lowest BCUT2D eigenvalue weighted by Crippen LogP contribution is -2.50. The third kappa shape index (κ3) is 4.62. The van der Waals surface area contributed by atoms with Gasteiger partial charge in [-0.05, 0) is 39.0 Å². The van der Waals surface area contributed by atoms with Crippen molar-refractivity contribution < 1.29 is 22.3 Å². The number of anilines is 1. The lowest BCUT2D eigenvalue weighted by Gasteiger charge is -2.42. The van der Waals surface area contributed by atoms with E-state index in [9.17, 15) is 18.0 Å². The molecule has 38 heavy (non-hydrogen) atoms. The fraction of sp³-hybridized carbons (Fsp3) is 0.400. The van der Waals surface area contributed by atoms with Crippen LogP contribution in [0.3, 0.4) is 0 Å². The molecule has 0 radical (unpaired) electrons. The molecule has 0 spiro atoms. The molecule has 1 aromatic carbocycles. The molecule has 0 bridgehead atoms. The number of ether oxygens (including phenoxy) is 1. The monoisotopic (exact) mass is 531 g/mol. The summed E-state index contributed by atoms with van der Waals surface area (Å²) in [7, 11) is 3.32. The highest BCUT2D eigenvalue weighted by Gasteiger charge is 2.37. The van der Waals surface area contributed by atoms with Gasteiger partial charge in [-0.15, -0.1) is 0 Å². The molecule has 9 nitrogen and oxygen atoms in total. The Morgan fingerprint density at radius 3 is 2.47 bits per heavy atom. The van der Waals surface area contributed by atoms with Gasteiger partial charge in [0.05, 0.1) is 23.9 Å². The molecule has 1 aliphatic heterocycles. The van der Waals surface area contributed by atoms with E-state index in [1.807, 2.05) is 24.9 Å². The first-order chi connectivity index (χ1) is 17.7. The molecule has 1 atom stereocenters. The number of morpholine rings is 1. The van der Waals surface area contributed by atoms with Gasteiger partial charge in [-0.3, -0.25) is 14.0 Å². The number of rotatable bonds is 3. The molecule has 3 aromatic heterocycles. The molecule has 4 aromatic rings.